The fourth-order valence-electron chi connectivity index (χ4n) is 1.14. The number of hydrogen-bond donors (Lipinski definition) is 1. The molecule has 0 saturated heterocycles. The fraction of sp³-hybridized carbons (Fsp3) is 0.400. The van der Waals surface area contributed by atoms with Gasteiger partial charge in [0.1, 0.15) is 5.75 Å². The van der Waals surface area contributed by atoms with Gasteiger partial charge in [0.25, 0.3) is 0 Å². The van der Waals surface area contributed by atoms with Crippen molar-refractivity contribution in [3.63, 3.8) is 0 Å². The molecule has 0 radical (unpaired) electrons. The molecule has 0 fully saturated rings. The van der Waals surface area contributed by atoms with Crippen LogP contribution in [-0.2, 0) is 0 Å². The SMILES string of the molecule is Cc1c(O)ccc(C(C)C)c1Br. The normalized spacial score (nSPS) is 10.8. The van der Waals surface area contributed by atoms with E-state index in [-0.39, 0.29) is 0 Å². The van der Waals surface area contributed by atoms with Crippen molar-refractivity contribution in [3.8, 4) is 5.75 Å². The first-order chi connectivity index (χ1) is 5.54. The maximum atomic E-state index is 9.38. The van der Waals surface area contributed by atoms with Crippen LogP contribution >= 0.6 is 15.9 Å². The monoisotopic (exact) mass is 228 g/mol. The third-order valence-electron chi connectivity index (χ3n) is 2.01. The van der Waals surface area contributed by atoms with Crippen LogP contribution in [0.4, 0.5) is 0 Å². The van der Waals surface area contributed by atoms with Gasteiger partial charge in [-0.05, 0) is 24.5 Å². The van der Waals surface area contributed by atoms with Gasteiger partial charge in [0.05, 0.1) is 0 Å². The lowest BCUT2D eigenvalue weighted by molar-refractivity contribution is 0.470. The Balaban J connectivity index is 3.27. The summed E-state index contributed by atoms with van der Waals surface area (Å²) in [5.74, 6) is 0.838. The van der Waals surface area contributed by atoms with Crippen LogP contribution in [0.25, 0.3) is 0 Å². The molecule has 0 aromatic heterocycles. The van der Waals surface area contributed by atoms with Gasteiger partial charge in [-0.25, -0.2) is 0 Å². The van der Waals surface area contributed by atoms with E-state index in [2.05, 4.69) is 29.8 Å². The third-order valence-corrected chi connectivity index (χ3v) is 3.06. The molecule has 0 saturated carbocycles. The highest BCUT2D eigenvalue weighted by Gasteiger charge is 2.08. The van der Waals surface area contributed by atoms with Crippen molar-refractivity contribution in [1.82, 2.24) is 0 Å². The maximum absolute atomic E-state index is 9.38. The van der Waals surface area contributed by atoms with Crippen LogP contribution in [0.3, 0.4) is 0 Å². The molecule has 0 heterocycles. The second kappa shape index (κ2) is 3.48. The summed E-state index contributed by atoms with van der Waals surface area (Å²) in [6, 6.07) is 3.70. The number of benzene rings is 1. The Hall–Kier alpha value is -0.500. The summed E-state index contributed by atoms with van der Waals surface area (Å²) < 4.78 is 1.03. The summed E-state index contributed by atoms with van der Waals surface area (Å²) in [5, 5.41) is 9.38. The van der Waals surface area contributed by atoms with Gasteiger partial charge < -0.3 is 5.11 Å². The van der Waals surface area contributed by atoms with E-state index in [1.165, 1.54) is 5.56 Å². The van der Waals surface area contributed by atoms with Crippen molar-refractivity contribution in [1.29, 1.82) is 0 Å². The fourth-order valence-corrected chi connectivity index (χ4v) is 1.93. The molecule has 0 amide bonds. The van der Waals surface area contributed by atoms with E-state index in [9.17, 15) is 5.11 Å². The minimum Gasteiger partial charge on any atom is -0.508 e. The predicted octanol–water partition coefficient (Wildman–Crippen LogP) is 3.59. The molecule has 0 unspecified atom stereocenters. The Labute approximate surface area is 81.6 Å². The molecule has 1 aromatic rings. The zero-order chi connectivity index (χ0) is 9.30. The van der Waals surface area contributed by atoms with Gasteiger partial charge in [-0.3, -0.25) is 0 Å². The van der Waals surface area contributed by atoms with Gasteiger partial charge in [-0.2, -0.15) is 0 Å². The predicted molar refractivity (Wildman–Crippen MR) is 54.6 cm³/mol. The van der Waals surface area contributed by atoms with E-state index in [1.807, 2.05) is 13.0 Å². The lowest BCUT2D eigenvalue weighted by Gasteiger charge is -2.11. The minimum atomic E-state index is 0.353. The van der Waals surface area contributed by atoms with Crippen molar-refractivity contribution in [2.75, 3.05) is 0 Å². The molecular weight excluding hydrogens is 216 g/mol. The van der Waals surface area contributed by atoms with E-state index in [1.54, 1.807) is 6.07 Å². The van der Waals surface area contributed by atoms with E-state index >= 15 is 0 Å². The van der Waals surface area contributed by atoms with Crippen LogP contribution in [0.1, 0.15) is 30.9 Å². The molecule has 0 bridgehead atoms. The lowest BCUT2D eigenvalue weighted by Crippen LogP contribution is -1.91. The van der Waals surface area contributed by atoms with Crippen LogP contribution in [0, 0.1) is 6.92 Å². The molecule has 0 spiro atoms. The highest BCUT2D eigenvalue weighted by Crippen LogP contribution is 2.32. The van der Waals surface area contributed by atoms with Crippen LogP contribution in [0.5, 0.6) is 5.75 Å². The number of rotatable bonds is 1. The van der Waals surface area contributed by atoms with Crippen molar-refractivity contribution >= 4 is 15.9 Å². The number of aromatic hydroxyl groups is 1. The Bertz CT molecular complexity index is 292. The molecule has 0 aliphatic rings. The zero-order valence-corrected chi connectivity index (χ0v) is 9.14. The molecule has 1 N–H and O–H groups in total. The van der Waals surface area contributed by atoms with Gasteiger partial charge in [0.2, 0.25) is 0 Å². The summed E-state index contributed by atoms with van der Waals surface area (Å²) in [5.41, 5.74) is 2.16. The molecule has 0 aliphatic heterocycles. The minimum absolute atomic E-state index is 0.353. The maximum Gasteiger partial charge on any atom is 0.119 e. The number of hydrogen-bond acceptors (Lipinski definition) is 1. The summed E-state index contributed by atoms with van der Waals surface area (Å²) in [6.45, 7) is 6.18. The van der Waals surface area contributed by atoms with Crippen molar-refractivity contribution in [2.24, 2.45) is 0 Å². The van der Waals surface area contributed by atoms with E-state index in [0.717, 1.165) is 10.0 Å². The van der Waals surface area contributed by atoms with Gasteiger partial charge in [-0.1, -0.05) is 35.8 Å². The van der Waals surface area contributed by atoms with Crippen LogP contribution in [0.15, 0.2) is 16.6 Å². The third kappa shape index (κ3) is 1.63. The Morgan fingerprint density at radius 2 is 1.92 bits per heavy atom. The van der Waals surface area contributed by atoms with E-state index in [0.29, 0.717) is 11.7 Å². The molecule has 12 heavy (non-hydrogen) atoms. The molecule has 66 valence electrons. The van der Waals surface area contributed by atoms with Gasteiger partial charge in [0, 0.05) is 10.0 Å². The van der Waals surface area contributed by atoms with Crippen molar-refractivity contribution < 1.29 is 5.11 Å². The van der Waals surface area contributed by atoms with E-state index in [4.69, 9.17) is 0 Å². The summed E-state index contributed by atoms with van der Waals surface area (Å²) in [6.07, 6.45) is 0. The largest absolute Gasteiger partial charge is 0.508 e. The first-order valence-electron chi connectivity index (χ1n) is 4.02. The Morgan fingerprint density at radius 3 is 2.42 bits per heavy atom. The first-order valence-corrected chi connectivity index (χ1v) is 4.81. The number of phenols is 1. The molecule has 0 atom stereocenters. The second-order valence-electron chi connectivity index (χ2n) is 3.27. The molecule has 0 aliphatic carbocycles. The Kier molecular flexibility index (Phi) is 2.78. The molecule has 1 nitrogen and oxygen atoms in total. The van der Waals surface area contributed by atoms with Crippen LogP contribution in [0.2, 0.25) is 0 Å². The lowest BCUT2D eigenvalue weighted by atomic mass is 10.0. The summed E-state index contributed by atoms with van der Waals surface area (Å²) in [7, 11) is 0. The highest BCUT2D eigenvalue weighted by atomic mass is 79.9. The van der Waals surface area contributed by atoms with Gasteiger partial charge in [0.15, 0.2) is 0 Å². The molecule has 1 aromatic carbocycles. The summed E-state index contributed by atoms with van der Waals surface area (Å²) >= 11 is 3.47. The highest BCUT2D eigenvalue weighted by molar-refractivity contribution is 9.10. The first kappa shape index (κ1) is 9.59. The van der Waals surface area contributed by atoms with Crippen LogP contribution < -0.4 is 0 Å². The molecule has 2 heteroatoms. The smallest absolute Gasteiger partial charge is 0.119 e. The average Bonchev–Trinajstić information content (AvgIpc) is 2.00. The van der Waals surface area contributed by atoms with Gasteiger partial charge >= 0.3 is 0 Å². The van der Waals surface area contributed by atoms with Gasteiger partial charge in [-0.15, -0.1) is 0 Å². The van der Waals surface area contributed by atoms with Crippen molar-refractivity contribution in [3.05, 3.63) is 27.7 Å². The van der Waals surface area contributed by atoms with E-state index < -0.39 is 0 Å². The Morgan fingerprint density at radius 1 is 1.33 bits per heavy atom. The average molecular weight is 229 g/mol. The molecule has 1 rings (SSSR count). The zero-order valence-electron chi connectivity index (χ0n) is 7.56. The van der Waals surface area contributed by atoms with Crippen molar-refractivity contribution in [2.45, 2.75) is 26.7 Å². The summed E-state index contributed by atoms with van der Waals surface area (Å²) in [4.78, 5) is 0. The number of phenolic OH excluding ortho intramolecular Hbond substituents is 1. The quantitative estimate of drug-likeness (QED) is 0.780. The standard InChI is InChI=1S/C10H13BrO/c1-6(2)8-4-5-9(12)7(3)10(8)11/h4-6,12H,1-3H3. The molecular formula is C10H13BrO. The second-order valence-corrected chi connectivity index (χ2v) is 4.06. The van der Waals surface area contributed by atoms with Crippen LogP contribution in [-0.4, -0.2) is 5.11 Å². The topological polar surface area (TPSA) is 20.2 Å². The number of halogens is 1.